The van der Waals surface area contributed by atoms with Crippen LogP contribution in [-0.2, 0) is 18.9 Å². The third-order valence-electron chi connectivity index (χ3n) is 17.1. The fourth-order valence-electron chi connectivity index (χ4n) is 13.6. The predicted octanol–water partition coefficient (Wildman–Crippen LogP) is -0.715. The monoisotopic (exact) mass is 834 g/mol. The van der Waals surface area contributed by atoms with E-state index in [1.807, 2.05) is 20.8 Å². The van der Waals surface area contributed by atoms with Crippen LogP contribution in [-0.4, -0.2) is 172 Å². The maximum absolute atomic E-state index is 12.6. The summed E-state index contributed by atoms with van der Waals surface area (Å²) in [5.74, 6) is -1.23. The molecular formula is C42H74O16. The van der Waals surface area contributed by atoms with Crippen LogP contribution >= 0.6 is 0 Å². The second-order valence-electron chi connectivity index (χ2n) is 21.1. The number of fused-ring (bicyclic) bond motifs is 5. The van der Waals surface area contributed by atoms with Gasteiger partial charge in [0.05, 0.1) is 48.8 Å². The van der Waals surface area contributed by atoms with E-state index >= 15 is 0 Å². The Kier molecular flexibility index (Phi) is 13.1. The highest BCUT2D eigenvalue weighted by molar-refractivity contribution is 5.22. The van der Waals surface area contributed by atoms with E-state index in [0.717, 1.165) is 0 Å². The minimum Gasteiger partial charge on any atom is -0.394 e. The molecule has 6 aliphatic rings. The van der Waals surface area contributed by atoms with Crippen molar-refractivity contribution in [2.24, 2.45) is 45.3 Å². The molecule has 338 valence electrons. The van der Waals surface area contributed by atoms with E-state index in [2.05, 4.69) is 20.8 Å². The Hall–Kier alpha value is -0.640. The first kappa shape index (κ1) is 46.9. The van der Waals surface area contributed by atoms with Crippen molar-refractivity contribution in [2.75, 3.05) is 13.2 Å². The molecule has 22 atom stereocenters. The molecule has 2 heterocycles. The smallest absolute Gasteiger partial charge is 0.187 e. The van der Waals surface area contributed by atoms with Crippen LogP contribution in [0.15, 0.2) is 0 Å². The molecule has 0 amide bonds. The molecule has 12 N–H and O–H groups in total. The van der Waals surface area contributed by atoms with Crippen LogP contribution in [0, 0.1) is 45.3 Å². The minimum absolute atomic E-state index is 0.0690. The average molecular weight is 835 g/mol. The molecule has 2 aliphatic heterocycles. The number of aliphatic hydroxyl groups is 12. The zero-order valence-electron chi connectivity index (χ0n) is 35.5. The molecule has 0 aromatic carbocycles. The molecule has 2 saturated heterocycles. The zero-order valence-corrected chi connectivity index (χ0v) is 35.5. The first-order valence-electron chi connectivity index (χ1n) is 21.4. The number of aliphatic hydroxyl groups excluding tert-OH is 11. The SMILES string of the molecule is CC(C)(O)[C@H](O)CC[C@](C)(O[C@H]1O[C@@H](CO)[C@@H](O)[C@@H](O)[C@H]1O)[C@H]1CC[C@]2(C)[C@H]1[C@@H](O)C[C@@H]1[C@]3(C)CC[C@@H](O)C(C)(C)[C@H]3[C@@H](O[C@@H]3O[C@H](CO)[C@@H](O)[C@@H](O)[C@H]3O)C[C@@]12C. The van der Waals surface area contributed by atoms with Gasteiger partial charge in [-0.3, -0.25) is 0 Å². The Balaban J connectivity index is 1.40. The Morgan fingerprint density at radius 1 is 0.724 bits per heavy atom. The highest BCUT2D eigenvalue weighted by Gasteiger charge is 2.74. The van der Waals surface area contributed by atoms with E-state index in [9.17, 15) is 61.3 Å². The van der Waals surface area contributed by atoms with Crippen molar-refractivity contribution in [1.29, 1.82) is 0 Å². The van der Waals surface area contributed by atoms with E-state index in [-0.39, 0.29) is 24.7 Å². The van der Waals surface area contributed by atoms with Crippen LogP contribution in [0.2, 0.25) is 0 Å². The van der Waals surface area contributed by atoms with Crippen molar-refractivity contribution in [1.82, 2.24) is 0 Å². The fraction of sp³-hybridized carbons (Fsp3) is 1.00. The van der Waals surface area contributed by atoms with Gasteiger partial charge in [0.25, 0.3) is 0 Å². The third kappa shape index (κ3) is 7.43. The van der Waals surface area contributed by atoms with Gasteiger partial charge < -0.3 is 80.2 Å². The van der Waals surface area contributed by atoms with Gasteiger partial charge in [-0.05, 0) is 117 Å². The molecule has 0 unspecified atom stereocenters. The quantitative estimate of drug-likeness (QED) is 0.115. The average Bonchev–Trinajstić information content (AvgIpc) is 3.54. The Labute approximate surface area is 342 Å². The van der Waals surface area contributed by atoms with Crippen LogP contribution in [0.1, 0.15) is 107 Å². The van der Waals surface area contributed by atoms with E-state index in [0.29, 0.717) is 38.5 Å². The molecule has 4 aliphatic carbocycles. The largest absolute Gasteiger partial charge is 0.394 e. The van der Waals surface area contributed by atoms with Gasteiger partial charge in [0.15, 0.2) is 12.6 Å². The Bertz CT molecular complexity index is 1430. The lowest BCUT2D eigenvalue weighted by atomic mass is 9.34. The molecule has 16 nitrogen and oxygen atoms in total. The molecule has 0 aromatic rings. The van der Waals surface area contributed by atoms with Crippen molar-refractivity contribution >= 4 is 0 Å². The molecule has 16 heteroatoms. The molecule has 4 saturated carbocycles. The molecule has 0 bridgehead atoms. The van der Waals surface area contributed by atoms with Crippen LogP contribution in [0.25, 0.3) is 0 Å². The molecular weight excluding hydrogens is 760 g/mol. The Morgan fingerprint density at radius 2 is 1.28 bits per heavy atom. The number of rotatable bonds is 11. The molecule has 0 radical (unpaired) electrons. The highest BCUT2D eigenvalue weighted by Crippen LogP contribution is 2.76. The van der Waals surface area contributed by atoms with Crippen molar-refractivity contribution < 1.29 is 80.2 Å². The van der Waals surface area contributed by atoms with E-state index in [4.69, 9.17) is 18.9 Å². The summed E-state index contributed by atoms with van der Waals surface area (Å²) in [5.41, 5.74) is -5.08. The van der Waals surface area contributed by atoms with Gasteiger partial charge in [-0.25, -0.2) is 0 Å². The van der Waals surface area contributed by atoms with Crippen LogP contribution < -0.4 is 0 Å². The second-order valence-corrected chi connectivity index (χ2v) is 21.1. The van der Waals surface area contributed by atoms with Crippen molar-refractivity contribution in [2.45, 2.75) is 204 Å². The topological polar surface area (TPSA) is 280 Å². The summed E-state index contributed by atoms with van der Waals surface area (Å²) < 4.78 is 25.2. The first-order chi connectivity index (χ1) is 26.7. The molecule has 0 spiro atoms. The van der Waals surface area contributed by atoms with Gasteiger partial charge in [0, 0.05) is 0 Å². The minimum atomic E-state index is -1.69. The molecule has 6 rings (SSSR count). The normalized spacial score (nSPS) is 52.2. The first-order valence-corrected chi connectivity index (χ1v) is 21.4. The lowest BCUT2D eigenvalue weighted by Gasteiger charge is -2.72. The van der Waals surface area contributed by atoms with Crippen molar-refractivity contribution in [3.05, 3.63) is 0 Å². The van der Waals surface area contributed by atoms with E-state index < -0.39 is 144 Å². The molecule has 6 fully saturated rings. The van der Waals surface area contributed by atoms with Crippen LogP contribution in [0.4, 0.5) is 0 Å². The third-order valence-corrected chi connectivity index (χ3v) is 17.1. The van der Waals surface area contributed by atoms with Gasteiger partial charge in [0.1, 0.15) is 48.8 Å². The lowest BCUT2D eigenvalue weighted by molar-refractivity contribution is -0.350. The van der Waals surface area contributed by atoms with Gasteiger partial charge in [0.2, 0.25) is 0 Å². The second kappa shape index (κ2) is 16.2. The van der Waals surface area contributed by atoms with Gasteiger partial charge in [-0.15, -0.1) is 0 Å². The maximum Gasteiger partial charge on any atom is 0.187 e. The lowest BCUT2D eigenvalue weighted by Crippen LogP contribution is -2.71. The summed E-state index contributed by atoms with van der Waals surface area (Å²) in [4.78, 5) is 0. The van der Waals surface area contributed by atoms with Crippen LogP contribution in [0.3, 0.4) is 0 Å². The van der Waals surface area contributed by atoms with Gasteiger partial charge >= 0.3 is 0 Å². The summed E-state index contributed by atoms with van der Waals surface area (Å²) in [6.07, 6.45) is -15.1. The Morgan fingerprint density at radius 3 is 1.83 bits per heavy atom. The van der Waals surface area contributed by atoms with Crippen LogP contribution in [0.5, 0.6) is 0 Å². The standard InChI is InChI=1S/C42H74O16/c1-37(2)25(46)10-12-39(5)24-15-20(45)27-19(42(8,14-11-26(47)38(3,4)54)58-36-33(53)31(51)29(49)23(18-44)57-36)9-13-40(27,6)41(24,7)16-21(34(37)39)55-35-32(52)30(50)28(48)22(17-43)56-35/h19-36,43-54H,9-18H2,1-8H3/t19-,20-,21-,22+,23-,24+,25+,26+,27+,28+,29+,30+,31+,32+,33+,34+,35+,36+,39-,40+,41-,42-/m0/s1. The zero-order chi connectivity index (χ0) is 43.3. The summed E-state index contributed by atoms with van der Waals surface area (Å²) in [6.45, 7) is 14.1. The summed E-state index contributed by atoms with van der Waals surface area (Å²) in [6, 6.07) is 0. The molecule has 0 aromatic heterocycles. The van der Waals surface area contributed by atoms with Gasteiger partial charge in [-0.1, -0.05) is 34.6 Å². The van der Waals surface area contributed by atoms with Crippen molar-refractivity contribution in [3.8, 4) is 0 Å². The summed E-state index contributed by atoms with van der Waals surface area (Å²) >= 11 is 0. The summed E-state index contributed by atoms with van der Waals surface area (Å²) in [7, 11) is 0. The maximum atomic E-state index is 12.6. The van der Waals surface area contributed by atoms with Crippen molar-refractivity contribution in [3.63, 3.8) is 0 Å². The van der Waals surface area contributed by atoms with Gasteiger partial charge in [-0.2, -0.15) is 0 Å². The summed E-state index contributed by atoms with van der Waals surface area (Å²) in [5, 5.41) is 131. The van der Waals surface area contributed by atoms with E-state index in [1.165, 1.54) is 13.8 Å². The number of hydrogen-bond donors (Lipinski definition) is 12. The predicted molar refractivity (Wildman–Crippen MR) is 205 cm³/mol. The highest BCUT2D eigenvalue weighted by atomic mass is 16.7. The molecule has 58 heavy (non-hydrogen) atoms. The fourth-order valence-corrected chi connectivity index (χ4v) is 13.6. The number of hydrogen-bond acceptors (Lipinski definition) is 16. The number of ether oxygens (including phenoxy) is 4. The van der Waals surface area contributed by atoms with E-state index in [1.54, 1.807) is 0 Å².